The Morgan fingerprint density at radius 3 is 2.52 bits per heavy atom. The molecule has 0 aliphatic heterocycles. The summed E-state index contributed by atoms with van der Waals surface area (Å²) < 4.78 is 40.4. The molecular formula is C24H20F2N2O4S. The molecule has 1 N–H and O–H groups in total. The largest absolute Gasteiger partial charge is 0.485 e. The van der Waals surface area contributed by atoms with E-state index in [1.165, 1.54) is 23.5 Å². The molecule has 0 radical (unpaired) electrons. The fraction of sp³-hybridized carbons (Fsp3) is 0.167. The van der Waals surface area contributed by atoms with E-state index < -0.39 is 12.5 Å². The number of para-hydroxylation sites is 1. The number of nitrogens with one attached hydrogen (secondary N) is 1. The molecule has 0 unspecified atom stereocenters. The lowest BCUT2D eigenvalue weighted by Crippen LogP contribution is -2.10. The zero-order chi connectivity index (χ0) is 23.4. The van der Waals surface area contributed by atoms with Gasteiger partial charge < -0.3 is 13.9 Å². The summed E-state index contributed by atoms with van der Waals surface area (Å²) in [5, 5.41) is 4.84. The van der Waals surface area contributed by atoms with Crippen LogP contribution in [0, 0.1) is 13.8 Å². The van der Waals surface area contributed by atoms with E-state index in [4.69, 9.17) is 9.15 Å². The molecule has 170 valence electrons. The lowest BCUT2D eigenvalue weighted by Gasteiger charge is -2.10. The Balaban J connectivity index is 1.36. The van der Waals surface area contributed by atoms with Gasteiger partial charge in [0.15, 0.2) is 10.9 Å². The maximum Gasteiger partial charge on any atom is 0.387 e. The third kappa shape index (κ3) is 5.56. The van der Waals surface area contributed by atoms with Gasteiger partial charge in [0.1, 0.15) is 23.9 Å². The number of alkyl halides is 2. The number of rotatable bonds is 8. The van der Waals surface area contributed by atoms with Crippen LogP contribution in [0.4, 0.5) is 13.9 Å². The molecule has 0 saturated heterocycles. The Bertz CT molecular complexity index is 1230. The monoisotopic (exact) mass is 470 g/mol. The number of hydrogen-bond donors (Lipinski definition) is 1. The van der Waals surface area contributed by atoms with E-state index in [-0.39, 0.29) is 18.1 Å². The second kappa shape index (κ2) is 9.83. The first-order chi connectivity index (χ1) is 15.9. The molecule has 0 bridgehead atoms. The van der Waals surface area contributed by atoms with Gasteiger partial charge in [-0.15, -0.1) is 11.3 Å². The molecule has 2 aromatic carbocycles. The van der Waals surface area contributed by atoms with Crippen molar-refractivity contribution in [2.75, 3.05) is 5.32 Å². The van der Waals surface area contributed by atoms with Gasteiger partial charge >= 0.3 is 6.61 Å². The molecule has 0 aliphatic carbocycles. The molecule has 6 nitrogen and oxygen atoms in total. The van der Waals surface area contributed by atoms with Crippen molar-refractivity contribution in [3.8, 4) is 22.8 Å². The molecule has 33 heavy (non-hydrogen) atoms. The van der Waals surface area contributed by atoms with Crippen LogP contribution in [-0.2, 0) is 6.61 Å². The van der Waals surface area contributed by atoms with E-state index in [0.717, 1.165) is 16.9 Å². The van der Waals surface area contributed by atoms with Crippen molar-refractivity contribution in [1.29, 1.82) is 0 Å². The number of furan rings is 1. The maximum atomic E-state index is 12.5. The van der Waals surface area contributed by atoms with Crippen LogP contribution in [0.3, 0.4) is 0 Å². The topological polar surface area (TPSA) is 73.6 Å². The Labute approximate surface area is 192 Å². The number of amides is 1. The highest BCUT2D eigenvalue weighted by Gasteiger charge is 2.15. The molecule has 0 fully saturated rings. The minimum Gasteiger partial charge on any atom is -0.485 e. The molecule has 0 atom stereocenters. The lowest BCUT2D eigenvalue weighted by molar-refractivity contribution is -0.0498. The zero-order valence-corrected chi connectivity index (χ0v) is 18.6. The first-order valence-electron chi connectivity index (χ1n) is 9.99. The summed E-state index contributed by atoms with van der Waals surface area (Å²) in [6.07, 6.45) is 0. The van der Waals surface area contributed by atoms with Crippen LogP contribution in [0.15, 0.2) is 64.4 Å². The predicted molar refractivity (Wildman–Crippen MR) is 121 cm³/mol. The number of thiazole rings is 1. The molecule has 0 saturated carbocycles. The number of aromatic nitrogens is 1. The molecule has 4 rings (SSSR count). The smallest absolute Gasteiger partial charge is 0.387 e. The van der Waals surface area contributed by atoms with E-state index in [1.54, 1.807) is 29.6 Å². The van der Waals surface area contributed by atoms with Crippen LogP contribution in [0.1, 0.15) is 27.4 Å². The van der Waals surface area contributed by atoms with Crippen molar-refractivity contribution in [2.24, 2.45) is 0 Å². The summed E-state index contributed by atoms with van der Waals surface area (Å²) in [5.41, 5.74) is 3.35. The molecule has 0 spiro atoms. The molecule has 0 aliphatic rings. The highest BCUT2D eigenvalue weighted by Crippen LogP contribution is 2.28. The third-order valence-corrected chi connectivity index (χ3v) is 5.51. The predicted octanol–water partition coefficient (Wildman–Crippen LogP) is 6.45. The number of anilines is 1. The van der Waals surface area contributed by atoms with Gasteiger partial charge in [-0.3, -0.25) is 10.1 Å². The third-order valence-electron chi connectivity index (χ3n) is 4.75. The number of aryl methyl sites for hydroxylation is 2. The Morgan fingerprint density at radius 1 is 1.09 bits per heavy atom. The van der Waals surface area contributed by atoms with Crippen molar-refractivity contribution < 1.29 is 27.5 Å². The van der Waals surface area contributed by atoms with Crippen molar-refractivity contribution in [2.45, 2.75) is 27.1 Å². The Kier molecular flexibility index (Phi) is 6.69. The number of hydrogen-bond acceptors (Lipinski definition) is 6. The van der Waals surface area contributed by atoms with E-state index in [1.807, 2.05) is 32.0 Å². The van der Waals surface area contributed by atoms with E-state index in [9.17, 15) is 13.6 Å². The van der Waals surface area contributed by atoms with Gasteiger partial charge in [-0.05, 0) is 61.4 Å². The van der Waals surface area contributed by atoms with Gasteiger partial charge in [-0.1, -0.05) is 18.2 Å². The minimum absolute atomic E-state index is 0.0627. The highest BCUT2D eigenvalue weighted by molar-refractivity contribution is 7.14. The van der Waals surface area contributed by atoms with E-state index in [0.29, 0.717) is 22.1 Å². The quantitative estimate of drug-likeness (QED) is 0.320. The van der Waals surface area contributed by atoms with Crippen molar-refractivity contribution >= 4 is 22.4 Å². The van der Waals surface area contributed by atoms with Gasteiger partial charge in [-0.25, -0.2) is 4.98 Å². The van der Waals surface area contributed by atoms with E-state index >= 15 is 0 Å². The Hall–Kier alpha value is -3.72. The Morgan fingerprint density at radius 2 is 1.82 bits per heavy atom. The molecular weight excluding hydrogens is 450 g/mol. The molecule has 2 heterocycles. The second-order valence-corrected chi connectivity index (χ2v) is 8.03. The summed E-state index contributed by atoms with van der Waals surface area (Å²) in [4.78, 5) is 16.9. The van der Waals surface area contributed by atoms with Crippen LogP contribution in [0.25, 0.3) is 11.3 Å². The number of ether oxygens (including phenoxy) is 2. The molecule has 1 amide bonds. The van der Waals surface area contributed by atoms with Crippen LogP contribution >= 0.6 is 11.3 Å². The minimum atomic E-state index is -2.88. The number of nitrogens with zero attached hydrogens (tertiary/aromatic N) is 1. The average Bonchev–Trinajstić information content (AvgIpc) is 3.43. The van der Waals surface area contributed by atoms with Gasteiger partial charge in [0.05, 0.1) is 5.69 Å². The first-order valence-corrected chi connectivity index (χ1v) is 10.9. The normalized spacial score (nSPS) is 10.9. The summed E-state index contributed by atoms with van der Waals surface area (Å²) in [5.74, 6) is 1.08. The number of benzene rings is 2. The second-order valence-electron chi connectivity index (χ2n) is 7.17. The highest BCUT2D eigenvalue weighted by atomic mass is 32.1. The SMILES string of the molecule is Cc1cccc(C)c1OCc1ccc(C(=O)Nc2nc(-c3ccc(OC(F)F)cc3)cs2)o1. The lowest BCUT2D eigenvalue weighted by atomic mass is 10.1. The molecule has 2 aromatic heterocycles. The van der Waals surface area contributed by atoms with E-state index in [2.05, 4.69) is 15.0 Å². The van der Waals surface area contributed by atoms with Crippen molar-refractivity contribution in [1.82, 2.24) is 4.98 Å². The van der Waals surface area contributed by atoms with Crippen molar-refractivity contribution in [3.05, 3.63) is 82.6 Å². The standard InChI is InChI=1S/C24H20F2N2O4S/c1-14-4-3-5-15(2)21(14)30-12-18-10-11-20(31-18)22(29)28-24-27-19(13-33-24)16-6-8-17(9-7-16)32-23(25)26/h3-11,13,23H,12H2,1-2H3,(H,27,28,29). The summed E-state index contributed by atoms with van der Waals surface area (Å²) in [7, 11) is 0. The van der Waals surface area contributed by atoms with Crippen molar-refractivity contribution in [3.63, 3.8) is 0 Å². The van der Waals surface area contributed by atoms with Gasteiger partial charge in [0, 0.05) is 10.9 Å². The summed E-state index contributed by atoms with van der Waals surface area (Å²) in [6, 6.07) is 15.3. The number of carbonyl (C=O) groups is 1. The molecule has 4 aromatic rings. The molecule has 9 heteroatoms. The van der Waals surface area contributed by atoms with Crippen LogP contribution in [-0.4, -0.2) is 17.5 Å². The fourth-order valence-corrected chi connectivity index (χ4v) is 3.89. The maximum absolute atomic E-state index is 12.5. The summed E-state index contributed by atoms with van der Waals surface area (Å²) in [6.45, 7) is 1.26. The fourth-order valence-electron chi connectivity index (χ4n) is 3.18. The van der Waals surface area contributed by atoms with Gasteiger partial charge in [0.25, 0.3) is 5.91 Å². The summed E-state index contributed by atoms with van der Waals surface area (Å²) >= 11 is 1.24. The average molecular weight is 470 g/mol. The van der Waals surface area contributed by atoms with Crippen LogP contribution < -0.4 is 14.8 Å². The first kappa shape index (κ1) is 22.5. The number of carbonyl (C=O) groups excluding carboxylic acids is 1. The zero-order valence-electron chi connectivity index (χ0n) is 17.8. The van der Waals surface area contributed by atoms with Crippen LogP contribution in [0.2, 0.25) is 0 Å². The van der Waals surface area contributed by atoms with Gasteiger partial charge in [-0.2, -0.15) is 8.78 Å². The van der Waals surface area contributed by atoms with Gasteiger partial charge in [0.2, 0.25) is 0 Å². The van der Waals surface area contributed by atoms with Crippen LogP contribution in [0.5, 0.6) is 11.5 Å². The number of halogens is 2.